The Morgan fingerprint density at radius 1 is 1.25 bits per heavy atom. The van der Waals surface area contributed by atoms with Gasteiger partial charge in [-0.05, 0) is 30.8 Å². The van der Waals surface area contributed by atoms with Crippen molar-refractivity contribution in [3.05, 3.63) is 29.8 Å². The molecular formula is C15H17NO7S. The van der Waals surface area contributed by atoms with E-state index in [2.05, 4.69) is 5.32 Å². The number of rotatable bonds is 7. The van der Waals surface area contributed by atoms with Crippen molar-refractivity contribution in [1.82, 2.24) is 5.32 Å². The lowest BCUT2D eigenvalue weighted by Crippen LogP contribution is -2.43. The number of thioether (sulfide) groups is 1. The van der Waals surface area contributed by atoms with Crippen molar-refractivity contribution in [2.45, 2.75) is 19.9 Å². The standard InChI is InChI=1S/C15H17NO7S/c1-3-22-14(20)11(16-9(2)17)8-24-15(21)23-12-7-5-4-6-10(12)13(18)19/h4-7,11H,3,8H2,1-2H3,(H,16,17)(H,18,19). The summed E-state index contributed by atoms with van der Waals surface area (Å²) < 4.78 is 9.79. The SMILES string of the molecule is CCOC(=O)C(CSC(=O)Oc1ccccc1C(=O)O)NC(C)=O. The van der Waals surface area contributed by atoms with Crippen molar-refractivity contribution in [1.29, 1.82) is 0 Å². The van der Waals surface area contributed by atoms with E-state index >= 15 is 0 Å². The molecule has 1 rings (SSSR count). The first-order valence-electron chi connectivity index (χ1n) is 6.95. The third-order valence-electron chi connectivity index (χ3n) is 2.63. The normalized spacial score (nSPS) is 11.2. The highest BCUT2D eigenvalue weighted by Gasteiger charge is 2.23. The van der Waals surface area contributed by atoms with E-state index < -0.39 is 29.2 Å². The van der Waals surface area contributed by atoms with E-state index in [1.807, 2.05) is 0 Å². The summed E-state index contributed by atoms with van der Waals surface area (Å²) >= 11 is 0.626. The zero-order valence-corrected chi connectivity index (χ0v) is 13.9. The number of esters is 1. The number of ether oxygens (including phenoxy) is 2. The number of carboxylic acid groups (broad SMARTS) is 1. The molecule has 1 atom stereocenters. The number of amides is 1. The van der Waals surface area contributed by atoms with Crippen molar-refractivity contribution in [2.75, 3.05) is 12.4 Å². The lowest BCUT2D eigenvalue weighted by atomic mass is 10.2. The van der Waals surface area contributed by atoms with Crippen LogP contribution < -0.4 is 10.1 Å². The zero-order valence-electron chi connectivity index (χ0n) is 13.1. The van der Waals surface area contributed by atoms with E-state index in [0.29, 0.717) is 11.8 Å². The molecule has 130 valence electrons. The van der Waals surface area contributed by atoms with Crippen molar-refractivity contribution in [2.24, 2.45) is 0 Å². The molecule has 0 aliphatic carbocycles. The number of hydrogen-bond acceptors (Lipinski definition) is 7. The lowest BCUT2D eigenvalue weighted by molar-refractivity contribution is -0.146. The molecule has 1 aromatic rings. The smallest absolute Gasteiger partial charge is 0.372 e. The number of carboxylic acids is 1. The minimum Gasteiger partial charge on any atom is -0.478 e. The fraction of sp³-hybridized carbons (Fsp3) is 0.333. The Labute approximate surface area is 142 Å². The van der Waals surface area contributed by atoms with Crippen LogP contribution in [0.1, 0.15) is 24.2 Å². The molecule has 0 aromatic heterocycles. The van der Waals surface area contributed by atoms with Crippen molar-refractivity contribution in [3.63, 3.8) is 0 Å². The zero-order chi connectivity index (χ0) is 18.1. The molecule has 0 fully saturated rings. The van der Waals surface area contributed by atoms with Gasteiger partial charge in [0.15, 0.2) is 0 Å². The maximum Gasteiger partial charge on any atom is 0.372 e. The van der Waals surface area contributed by atoms with Gasteiger partial charge in [-0.15, -0.1) is 0 Å². The fourth-order valence-electron chi connectivity index (χ4n) is 1.66. The highest BCUT2D eigenvalue weighted by Crippen LogP contribution is 2.21. The monoisotopic (exact) mass is 355 g/mol. The van der Waals surface area contributed by atoms with E-state index in [-0.39, 0.29) is 23.7 Å². The Morgan fingerprint density at radius 2 is 1.92 bits per heavy atom. The Kier molecular flexibility index (Phi) is 7.76. The summed E-state index contributed by atoms with van der Waals surface area (Å²) in [6, 6.07) is 4.67. The number of benzene rings is 1. The van der Waals surface area contributed by atoms with Crippen LogP contribution in [0.3, 0.4) is 0 Å². The molecule has 0 saturated heterocycles. The second-order valence-corrected chi connectivity index (χ2v) is 5.42. The molecule has 0 spiro atoms. The third kappa shape index (κ3) is 6.29. The first-order valence-corrected chi connectivity index (χ1v) is 7.94. The number of para-hydroxylation sites is 1. The topological polar surface area (TPSA) is 119 Å². The van der Waals surface area contributed by atoms with Gasteiger partial charge in [-0.2, -0.15) is 0 Å². The quantitative estimate of drug-likeness (QED) is 0.709. The maximum atomic E-state index is 11.8. The number of aromatic carboxylic acids is 1. The number of carbonyl (C=O) groups excluding carboxylic acids is 3. The van der Waals surface area contributed by atoms with Gasteiger partial charge in [0.1, 0.15) is 17.4 Å². The largest absolute Gasteiger partial charge is 0.478 e. The molecule has 0 aliphatic heterocycles. The van der Waals surface area contributed by atoms with Crippen LogP contribution in [-0.4, -0.2) is 46.7 Å². The number of nitrogens with one attached hydrogen (secondary N) is 1. The molecule has 2 N–H and O–H groups in total. The molecule has 8 nitrogen and oxygen atoms in total. The Morgan fingerprint density at radius 3 is 2.50 bits per heavy atom. The van der Waals surface area contributed by atoms with Crippen LogP contribution in [0.5, 0.6) is 5.75 Å². The van der Waals surface area contributed by atoms with Crippen LogP contribution in [0.25, 0.3) is 0 Å². The van der Waals surface area contributed by atoms with Gasteiger partial charge in [0.2, 0.25) is 5.91 Å². The van der Waals surface area contributed by atoms with Gasteiger partial charge < -0.3 is 19.9 Å². The van der Waals surface area contributed by atoms with Gasteiger partial charge in [0, 0.05) is 12.7 Å². The molecule has 1 amide bonds. The van der Waals surface area contributed by atoms with E-state index in [1.165, 1.54) is 31.2 Å². The molecule has 0 aliphatic rings. The second kappa shape index (κ2) is 9.56. The van der Waals surface area contributed by atoms with Crippen LogP contribution in [0.2, 0.25) is 0 Å². The van der Waals surface area contributed by atoms with Gasteiger partial charge >= 0.3 is 17.2 Å². The predicted octanol–water partition coefficient (Wildman–Crippen LogP) is 1.68. The maximum absolute atomic E-state index is 11.8. The van der Waals surface area contributed by atoms with Crippen molar-refractivity contribution in [3.8, 4) is 5.75 Å². The molecule has 0 saturated carbocycles. The summed E-state index contributed by atoms with van der Waals surface area (Å²) in [5.74, 6) is -2.55. The summed E-state index contributed by atoms with van der Waals surface area (Å²) in [6.07, 6.45) is 0. The van der Waals surface area contributed by atoms with Gasteiger partial charge in [-0.25, -0.2) is 14.4 Å². The van der Waals surface area contributed by atoms with E-state index in [9.17, 15) is 19.2 Å². The van der Waals surface area contributed by atoms with E-state index in [1.54, 1.807) is 6.92 Å². The minimum absolute atomic E-state index is 0.102. The summed E-state index contributed by atoms with van der Waals surface area (Å²) in [7, 11) is 0. The van der Waals surface area contributed by atoms with Crippen LogP contribution in [-0.2, 0) is 14.3 Å². The third-order valence-corrected chi connectivity index (χ3v) is 3.45. The first kappa shape index (κ1) is 19.5. The first-order chi connectivity index (χ1) is 11.3. The minimum atomic E-state index is -1.23. The summed E-state index contributed by atoms with van der Waals surface area (Å²) in [6.45, 7) is 2.99. The molecule has 24 heavy (non-hydrogen) atoms. The van der Waals surface area contributed by atoms with Crippen LogP contribution >= 0.6 is 11.8 Å². The summed E-state index contributed by atoms with van der Waals surface area (Å²) in [4.78, 5) is 45.7. The highest BCUT2D eigenvalue weighted by molar-refractivity contribution is 8.13. The Hall–Kier alpha value is -2.55. The molecule has 1 unspecified atom stereocenters. The molecule has 9 heteroatoms. The summed E-state index contributed by atoms with van der Waals surface area (Å²) in [5.41, 5.74) is -0.157. The predicted molar refractivity (Wildman–Crippen MR) is 86.1 cm³/mol. The van der Waals surface area contributed by atoms with Gasteiger partial charge in [-0.1, -0.05) is 12.1 Å². The second-order valence-electron chi connectivity index (χ2n) is 4.47. The molecule has 1 aromatic carbocycles. The molecule has 0 heterocycles. The van der Waals surface area contributed by atoms with E-state index in [4.69, 9.17) is 14.6 Å². The Bertz CT molecular complexity index is 632. The molecule has 0 radical (unpaired) electrons. The highest BCUT2D eigenvalue weighted by atomic mass is 32.2. The average Bonchev–Trinajstić information content (AvgIpc) is 2.51. The average molecular weight is 355 g/mol. The molecular weight excluding hydrogens is 338 g/mol. The van der Waals surface area contributed by atoms with Crippen LogP contribution in [0, 0.1) is 0 Å². The lowest BCUT2D eigenvalue weighted by Gasteiger charge is -2.15. The number of hydrogen-bond donors (Lipinski definition) is 2. The van der Waals surface area contributed by atoms with Crippen molar-refractivity contribution >= 4 is 34.9 Å². The van der Waals surface area contributed by atoms with Crippen LogP contribution in [0.15, 0.2) is 24.3 Å². The van der Waals surface area contributed by atoms with Gasteiger partial charge in [-0.3, -0.25) is 4.79 Å². The Balaban J connectivity index is 2.68. The number of carbonyl (C=O) groups is 4. The molecule has 0 bridgehead atoms. The van der Waals surface area contributed by atoms with Gasteiger partial charge in [0.25, 0.3) is 0 Å². The van der Waals surface area contributed by atoms with Crippen LogP contribution in [0.4, 0.5) is 4.79 Å². The van der Waals surface area contributed by atoms with Crippen molar-refractivity contribution < 1.29 is 33.8 Å². The fourth-order valence-corrected chi connectivity index (χ4v) is 2.33. The van der Waals surface area contributed by atoms with E-state index in [0.717, 1.165) is 0 Å². The summed E-state index contributed by atoms with van der Waals surface area (Å²) in [5, 5.41) is 10.6. The van der Waals surface area contributed by atoms with Gasteiger partial charge in [0.05, 0.1) is 6.61 Å².